The normalized spacial score (nSPS) is 20.1. The summed E-state index contributed by atoms with van der Waals surface area (Å²) in [6.45, 7) is 7.54. The van der Waals surface area contributed by atoms with Crippen LogP contribution in [0.15, 0.2) is 28.7 Å². The highest BCUT2D eigenvalue weighted by Crippen LogP contribution is 2.47. The van der Waals surface area contributed by atoms with Crippen LogP contribution in [0, 0.1) is 11.3 Å². The van der Waals surface area contributed by atoms with Crippen molar-refractivity contribution >= 4 is 23.0 Å². The van der Waals surface area contributed by atoms with Crippen LogP contribution in [0.1, 0.15) is 39.5 Å². The summed E-state index contributed by atoms with van der Waals surface area (Å²) in [4.78, 5) is 21.9. The van der Waals surface area contributed by atoms with Crippen LogP contribution in [0.5, 0.6) is 0 Å². The first kappa shape index (κ1) is 16.4. The monoisotopic (exact) mass is 341 g/mol. The second-order valence-electron chi connectivity index (χ2n) is 7.98. The van der Waals surface area contributed by atoms with Gasteiger partial charge in [-0.1, -0.05) is 32.4 Å². The minimum Gasteiger partial charge on any atom is -0.423 e. The quantitative estimate of drug-likeness (QED) is 0.851. The molecule has 0 bridgehead atoms. The smallest absolute Gasteiger partial charge is 0.298 e. The summed E-state index contributed by atoms with van der Waals surface area (Å²) in [6.07, 6.45) is 4.35. The van der Waals surface area contributed by atoms with E-state index in [9.17, 15) is 4.79 Å². The van der Waals surface area contributed by atoms with Gasteiger partial charge in [0.05, 0.1) is 0 Å². The van der Waals surface area contributed by atoms with Crippen LogP contribution in [-0.4, -0.2) is 42.0 Å². The second kappa shape index (κ2) is 6.36. The second-order valence-corrected chi connectivity index (χ2v) is 7.98. The predicted molar refractivity (Wildman–Crippen MR) is 98.5 cm³/mol. The number of oxazole rings is 1. The number of piperazine rings is 1. The fraction of sp³-hybridized carbons (Fsp3) is 0.600. The van der Waals surface area contributed by atoms with Crippen LogP contribution < -0.4 is 4.90 Å². The van der Waals surface area contributed by atoms with Crippen molar-refractivity contribution in [3.63, 3.8) is 0 Å². The third-order valence-electron chi connectivity index (χ3n) is 5.68. The number of rotatable bonds is 4. The Kier molecular flexibility index (Phi) is 4.18. The van der Waals surface area contributed by atoms with Crippen molar-refractivity contribution < 1.29 is 9.21 Å². The summed E-state index contributed by atoms with van der Waals surface area (Å²) in [5, 5.41) is 0. The fourth-order valence-corrected chi connectivity index (χ4v) is 4.32. The number of nitrogens with zero attached hydrogens (tertiary/aromatic N) is 3. The van der Waals surface area contributed by atoms with Gasteiger partial charge in [-0.2, -0.15) is 4.98 Å². The number of carbonyl (C=O) groups is 1. The highest BCUT2D eigenvalue weighted by molar-refractivity contribution is 5.84. The number of fused-ring (bicyclic) bond motifs is 1. The Morgan fingerprint density at radius 2 is 1.92 bits per heavy atom. The zero-order valence-corrected chi connectivity index (χ0v) is 15.2. The summed E-state index contributed by atoms with van der Waals surface area (Å²) < 4.78 is 5.87. The Hall–Kier alpha value is -2.04. The SMILES string of the molecule is CC(C)CC1(C(=O)N2CCN(c3nc4ccccc4o3)CC2)CCC1. The van der Waals surface area contributed by atoms with Crippen molar-refractivity contribution in [2.75, 3.05) is 31.1 Å². The molecular weight excluding hydrogens is 314 g/mol. The van der Waals surface area contributed by atoms with Gasteiger partial charge < -0.3 is 14.2 Å². The summed E-state index contributed by atoms with van der Waals surface area (Å²) >= 11 is 0. The predicted octanol–water partition coefficient (Wildman–Crippen LogP) is 3.69. The number of para-hydroxylation sites is 2. The Balaban J connectivity index is 1.41. The van der Waals surface area contributed by atoms with Gasteiger partial charge in [0.15, 0.2) is 5.58 Å². The Labute approximate surface area is 149 Å². The number of carbonyl (C=O) groups excluding carboxylic acids is 1. The minimum atomic E-state index is -0.0754. The average Bonchev–Trinajstić information content (AvgIpc) is 3.01. The fourth-order valence-electron chi connectivity index (χ4n) is 4.32. The Morgan fingerprint density at radius 1 is 1.20 bits per heavy atom. The lowest BCUT2D eigenvalue weighted by atomic mass is 9.63. The van der Waals surface area contributed by atoms with Crippen molar-refractivity contribution in [2.45, 2.75) is 39.5 Å². The molecule has 0 radical (unpaired) electrons. The zero-order chi connectivity index (χ0) is 17.4. The van der Waals surface area contributed by atoms with Crippen LogP contribution in [0.3, 0.4) is 0 Å². The van der Waals surface area contributed by atoms with Crippen LogP contribution in [-0.2, 0) is 4.79 Å². The minimum absolute atomic E-state index is 0.0754. The van der Waals surface area contributed by atoms with Crippen LogP contribution in [0.4, 0.5) is 6.01 Å². The molecule has 2 aliphatic rings. The van der Waals surface area contributed by atoms with Gasteiger partial charge in [-0.25, -0.2) is 0 Å². The van der Waals surface area contributed by atoms with Crippen LogP contribution in [0.2, 0.25) is 0 Å². The molecule has 5 heteroatoms. The summed E-state index contributed by atoms with van der Waals surface area (Å²) in [6, 6.07) is 8.51. The number of aromatic nitrogens is 1. The molecule has 2 aromatic rings. The van der Waals surface area contributed by atoms with Crippen LogP contribution >= 0.6 is 0 Å². The largest absolute Gasteiger partial charge is 0.423 e. The van der Waals surface area contributed by atoms with Crippen molar-refractivity contribution in [3.05, 3.63) is 24.3 Å². The van der Waals surface area contributed by atoms with Gasteiger partial charge in [-0.15, -0.1) is 0 Å². The Morgan fingerprint density at radius 3 is 2.52 bits per heavy atom. The zero-order valence-electron chi connectivity index (χ0n) is 15.2. The van der Waals surface area contributed by atoms with Gasteiger partial charge in [0.1, 0.15) is 5.52 Å². The maximum Gasteiger partial charge on any atom is 0.298 e. The van der Waals surface area contributed by atoms with E-state index in [0.29, 0.717) is 17.8 Å². The maximum absolute atomic E-state index is 13.1. The molecule has 0 unspecified atom stereocenters. The third kappa shape index (κ3) is 3.00. The van der Waals surface area contributed by atoms with Gasteiger partial charge in [0.25, 0.3) is 6.01 Å². The van der Waals surface area contributed by atoms with Crippen molar-refractivity contribution in [2.24, 2.45) is 11.3 Å². The van der Waals surface area contributed by atoms with Gasteiger partial charge in [-0.3, -0.25) is 4.79 Å². The third-order valence-corrected chi connectivity index (χ3v) is 5.68. The standard InChI is InChI=1S/C20H27N3O2/c1-15(2)14-20(8-5-9-20)18(24)22-10-12-23(13-11-22)19-21-16-6-3-4-7-17(16)25-19/h3-4,6-7,15H,5,8-14H2,1-2H3. The molecule has 2 fully saturated rings. The number of benzene rings is 1. The number of hydrogen-bond acceptors (Lipinski definition) is 4. The average molecular weight is 341 g/mol. The molecule has 0 spiro atoms. The molecule has 4 rings (SSSR count). The first-order valence-corrected chi connectivity index (χ1v) is 9.47. The van der Waals surface area contributed by atoms with E-state index in [1.807, 2.05) is 24.3 Å². The Bertz CT molecular complexity index is 722. The molecule has 1 saturated heterocycles. The number of anilines is 1. The van der Waals surface area contributed by atoms with E-state index in [1.165, 1.54) is 6.42 Å². The molecule has 1 aromatic carbocycles. The van der Waals surface area contributed by atoms with E-state index in [4.69, 9.17) is 4.42 Å². The van der Waals surface area contributed by atoms with Gasteiger partial charge in [0, 0.05) is 31.6 Å². The van der Waals surface area contributed by atoms with Gasteiger partial charge in [-0.05, 0) is 37.3 Å². The molecule has 0 N–H and O–H groups in total. The van der Waals surface area contributed by atoms with Crippen molar-refractivity contribution in [3.8, 4) is 0 Å². The maximum atomic E-state index is 13.1. The molecule has 1 saturated carbocycles. The first-order valence-electron chi connectivity index (χ1n) is 9.47. The molecule has 1 aromatic heterocycles. The summed E-state index contributed by atoms with van der Waals surface area (Å²) in [5.41, 5.74) is 1.64. The topological polar surface area (TPSA) is 49.6 Å². The molecule has 1 aliphatic heterocycles. The van der Waals surface area contributed by atoms with E-state index < -0.39 is 0 Å². The van der Waals surface area contributed by atoms with Crippen molar-refractivity contribution in [1.82, 2.24) is 9.88 Å². The van der Waals surface area contributed by atoms with E-state index in [-0.39, 0.29) is 5.41 Å². The molecule has 0 atom stereocenters. The summed E-state index contributed by atoms with van der Waals surface area (Å²) in [7, 11) is 0. The molecule has 134 valence electrons. The van der Waals surface area contributed by atoms with E-state index in [0.717, 1.165) is 56.5 Å². The molecular formula is C20H27N3O2. The molecule has 2 heterocycles. The molecule has 1 amide bonds. The molecule has 5 nitrogen and oxygen atoms in total. The molecule has 1 aliphatic carbocycles. The number of hydrogen-bond donors (Lipinski definition) is 0. The van der Waals surface area contributed by atoms with Gasteiger partial charge >= 0.3 is 0 Å². The lowest BCUT2D eigenvalue weighted by Crippen LogP contribution is -2.55. The molecule has 25 heavy (non-hydrogen) atoms. The lowest BCUT2D eigenvalue weighted by molar-refractivity contribution is -0.149. The van der Waals surface area contributed by atoms with Gasteiger partial charge in [0.2, 0.25) is 5.91 Å². The highest BCUT2D eigenvalue weighted by atomic mass is 16.4. The van der Waals surface area contributed by atoms with E-state index >= 15 is 0 Å². The first-order chi connectivity index (χ1) is 12.1. The number of amides is 1. The van der Waals surface area contributed by atoms with E-state index in [1.54, 1.807) is 0 Å². The lowest BCUT2D eigenvalue weighted by Gasteiger charge is -2.46. The van der Waals surface area contributed by atoms with E-state index in [2.05, 4.69) is 28.6 Å². The highest BCUT2D eigenvalue weighted by Gasteiger charge is 2.46. The van der Waals surface area contributed by atoms with Crippen LogP contribution in [0.25, 0.3) is 11.1 Å². The summed E-state index contributed by atoms with van der Waals surface area (Å²) in [5.74, 6) is 0.954. The van der Waals surface area contributed by atoms with Crippen molar-refractivity contribution in [1.29, 1.82) is 0 Å².